The Morgan fingerprint density at radius 1 is 0.584 bits per heavy atom. The van der Waals surface area contributed by atoms with Crippen LogP contribution in [0.15, 0.2) is 90.6 Å². The Kier molecular flexibility index (Phi) is 12.2. The molecule has 11 heteroatoms. The van der Waals surface area contributed by atoms with Gasteiger partial charge in [0.2, 0.25) is 0 Å². The number of hydrogen-bond donors (Lipinski definition) is 1. The van der Waals surface area contributed by atoms with E-state index in [1.54, 1.807) is 9.58 Å². The van der Waals surface area contributed by atoms with Gasteiger partial charge in [0.05, 0.1) is 19.3 Å². The van der Waals surface area contributed by atoms with E-state index in [-0.39, 0.29) is 52.8 Å². The fourth-order valence-corrected chi connectivity index (χ4v) is 16.5. The van der Waals surface area contributed by atoms with Crippen molar-refractivity contribution in [3.05, 3.63) is 130 Å². The number of imide groups is 2. The minimum absolute atomic E-state index is 0.0770. The summed E-state index contributed by atoms with van der Waals surface area (Å²) in [5.74, 6) is 0.580. The SMILES string of the molecule is CCCCCCC(CCCCCC)N1C(=O)c2ccc3c4ccc5c6c(ccc(c7ccc(c2c37)C1=O)c64)C(=O)N(Cc1ccc(Cn2cc([C@]3(O)CC[C@H]4[C@@H]6CCC7=CC(=O)CC[C@]7(C)[C@H]6CC[C@@]43C)nn2)cc1)C5=O. The second kappa shape index (κ2) is 18.8. The number of aromatic nitrogens is 3. The Balaban J connectivity index is 0.731. The molecule has 2 aliphatic heterocycles. The Morgan fingerprint density at radius 2 is 1.12 bits per heavy atom. The summed E-state index contributed by atoms with van der Waals surface area (Å²) in [7, 11) is 0. The number of carbonyl (C=O) groups is 5. The number of carbonyl (C=O) groups excluding carboxylic acids is 5. The van der Waals surface area contributed by atoms with Crippen LogP contribution in [0, 0.1) is 28.6 Å². The molecule has 6 aromatic carbocycles. The number of allylic oxidation sites excluding steroid dienone is 1. The quantitative estimate of drug-likeness (QED) is 0.0436. The lowest BCUT2D eigenvalue weighted by Gasteiger charge is -2.59. The Labute approximate surface area is 450 Å². The molecule has 0 saturated heterocycles. The van der Waals surface area contributed by atoms with Gasteiger partial charge in [-0.3, -0.25) is 33.8 Å². The fraction of sp³-hybridized carbons (Fsp3) is 0.470. The molecule has 13 rings (SSSR count). The molecule has 0 radical (unpaired) electrons. The van der Waals surface area contributed by atoms with Crippen molar-refractivity contribution in [2.75, 3.05) is 0 Å². The van der Waals surface area contributed by atoms with E-state index < -0.39 is 5.60 Å². The summed E-state index contributed by atoms with van der Waals surface area (Å²) < 4.78 is 1.80. The lowest BCUT2D eigenvalue weighted by Crippen LogP contribution is -2.53. The molecule has 0 spiro atoms. The third-order valence-corrected chi connectivity index (χ3v) is 20.7. The molecule has 0 bridgehead atoms. The minimum Gasteiger partial charge on any atom is -0.383 e. The number of fused-ring (bicyclic) bond motifs is 7. The van der Waals surface area contributed by atoms with Crippen LogP contribution in [0.5, 0.6) is 0 Å². The predicted molar refractivity (Wildman–Crippen MR) is 300 cm³/mol. The second-order valence-corrected chi connectivity index (χ2v) is 24.6. The van der Waals surface area contributed by atoms with Gasteiger partial charge in [0.1, 0.15) is 11.3 Å². The first-order valence-electron chi connectivity index (χ1n) is 29.2. The maximum Gasteiger partial charge on any atom is 0.261 e. The van der Waals surface area contributed by atoms with E-state index in [9.17, 15) is 29.1 Å². The standard InChI is InChI=1S/C66H71N5O6/c1-5-7-9-11-13-42(14-12-10-8-6-2)71-62(75)51-27-23-46-44-21-25-49-58-50(26-22-45(56(44)58)47-24-28-52(63(71)76)59(51)57(46)47)61(74)70(60(49)73)37-40-17-15-39(16-18-40)36-69-38-55(67-68-69)66(77)34-31-54-48-20-19-41-35-43(72)29-32-64(41,3)53(48)30-33-65(54,66)4/h15-18,21-28,35,38,42,48,53-54,77H,5-14,19-20,29-34,36-37H2,1-4H3/t48-,53+,54+,64+,65+,66-/m1/s1. The zero-order valence-electron chi connectivity index (χ0n) is 45.3. The van der Waals surface area contributed by atoms with Crippen molar-refractivity contribution in [1.82, 2.24) is 24.8 Å². The van der Waals surface area contributed by atoms with Gasteiger partial charge >= 0.3 is 0 Å². The summed E-state index contributed by atoms with van der Waals surface area (Å²) in [4.78, 5) is 73.7. The van der Waals surface area contributed by atoms with Gasteiger partial charge in [-0.15, -0.1) is 5.10 Å². The van der Waals surface area contributed by atoms with E-state index in [1.165, 1.54) is 10.5 Å². The number of aliphatic hydroxyl groups is 1. The van der Waals surface area contributed by atoms with E-state index in [4.69, 9.17) is 0 Å². The van der Waals surface area contributed by atoms with Crippen LogP contribution in [0.25, 0.3) is 43.1 Å². The molecule has 0 unspecified atom stereocenters. The molecule has 4 aliphatic carbocycles. The Bertz CT molecular complexity index is 3500. The summed E-state index contributed by atoms with van der Waals surface area (Å²) in [6.45, 7) is 9.62. The van der Waals surface area contributed by atoms with E-state index >= 15 is 0 Å². The first-order chi connectivity index (χ1) is 37.3. The van der Waals surface area contributed by atoms with Gasteiger partial charge in [-0.05, 0) is 155 Å². The average Bonchev–Trinajstić information content (AvgIpc) is 4.20. The number of hydrogen-bond acceptors (Lipinski definition) is 8. The Hall–Kier alpha value is -6.59. The first-order valence-corrected chi connectivity index (χ1v) is 29.2. The smallest absolute Gasteiger partial charge is 0.261 e. The largest absolute Gasteiger partial charge is 0.383 e. The molecular formula is C66H71N5O6. The molecule has 3 saturated carbocycles. The molecule has 396 valence electrons. The summed E-state index contributed by atoms with van der Waals surface area (Å²) >= 11 is 0. The van der Waals surface area contributed by atoms with E-state index in [0.29, 0.717) is 75.9 Å². The lowest BCUT2D eigenvalue weighted by molar-refractivity contribution is -0.135. The highest BCUT2D eigenvalue weighted by Gasteiger charge is 2.65. The third-order valence-electron chi connectivity index (χ3n) is 20.7. The zero-order valence-corrected chi connectivity index (χ0v) is 45.3. The first kappa shape index (κ1) is 49.9. The van der Waals surface area contributed by atoms with Crippen molar-refractivity contribution in [1.29, 1.82) is 0 Å². The molecule has 77 heavy (non-hydrogen) atoms. The topological polar surface area (TPSA) is 143 Å². The molecule has 11 nitrogen and oxygen atoms in total. The average molecular weight is 1030 g/mol. The lowest BCUT2D eigenvalue weighted by atomic mass is 9.46. The van der Waals surface area contributed by atoms with E-state index in [2.05, 4.69) is 38.0 Å². The number of amides is 4. The molecule has 1 aromatic heterocycles. The predicted octanol–water partition coefficient (Wildman–Crippen LogP) is 13.8. The van der Waals surface area contributed by atoms with Crippen LogP contribution in [-0.2, 0) is 23.5 Å². The highest BCUT2D eigenvalue weighted by molar-refractivity contribution is 6.41. The van der Waals surface area contributed by atoms with Crippen molar-refractivity contribution in [2.45, 2.75) is 168 Å². The van der Waals surface area contributed by atoms with Crippen molar-refractivity contribution in [2.24, 2.45) is 28.6 Å². The van der Waals surface area contributed by atoms with Gasteiger partial charge < -0.3 is 5.11 Å². The third kappa shape index (κ3) is 7.55. The highest BCUT2D eigenvalue weighted by atomic mass is 16.3. The van der Waals surface area contributed by atoms with Crippen LogP contribution in [0.3, 0.4) is 0 Å². The molecule has 6 atom stereocenters. The summed E-state index contributed by atoms with van der Waals surface area (Å²) in [5, 5.41) is 28.4. The number of nitrogens with zero attached hydrogens (tertiary/aromatic N) is 5. The fourth-order valence-electron chi connectivity index (χ4n) is 16.5. The van der Waals surface area contributed by atoms with Crippen molar-refractivity contribution in [3.8, 4) is 0 Å². The summed E-state index contributed by atoms with van der Waals surface area (Å²) in [6, 6.07) is 23.1. The summed E-state index contributed by atoms with van der Waals surface area (Å²) in [5.41, 5.74) is 4.52. The van der Waals surface area contributed by atoms with Crippen LogP contribution >= 0.6 is 0 Å². The normalized spacial score (nSPS) is 26.0. The molecule has 1 N–H and O–H groups in total. The minimum atomic E-state index is -1.07. The second-order valence-electron chi connectivity index (χ2n) is 24.6. The zero-order chi connectivity index (χ0) is 53.1. The molecule has 6 aliphatic rings. The molecule has 3 fully saturated rings. The molecule has 4 amide bonds. The molecular weight excluding hydrogens is 959 g/mol. The van der Waals surface area contributed by atoms with Gasteiger partial charge in [-0.25, -0.2) is 4.68 Å². The van der Waals surface area contributed by atoms with E-state index in [0.717, 1.165) is 146 Å². The number of unbranched alkanes of at least 4 members (excludes halogenated alkanes) is 6. The number of rotatable bonds is 16. The Morgan fingerprint density at radius 3 is 1.68 bits per heavy atom. The number of ketones is 1. The van der Waals surface area contributed by atoms with E-state index in [1.807, 2.05) is 85.1 Å². The van der Waals surface area contributed by atoms with Gasteiger partial charge in [0, 0.05) is 50.9 Å². The van der Waals surface area contributed by atoms with Gasteiger partial charge in [0.15, 0.2) is 5.78 Å². The van der Waals surface area contributed by atoms with Crippen LogP contribution in [-0.4, -0.2) is 65.4 Å². The molecule has 7 aromatic rings. The monoisotopic (exact) mass is 1030 g/mol. The highest BCUT2D eigenvalue weighted by Crippen LogP contribution is 2.69. The van der Waals surface area contributed by atoms with Crippen molar-refractivity contribution in [3.63, 3.8) is 0 Å². The van der Waals surface area contributed by atoms with Gasteiger partial charge in [0.25, 0.3) is 23.6 Å². The molecule has 3 heterocycles. The van der Waals surface area contributed by atoms with Gasteiger partial charge in [-0.1, -0.05) is 138 Å². The van der Waals surface area contributed by atoms with Crippen LogP contribution in [0.1, 0.15) is 202 Å². The van der Waals surface area contributed by atoms with Gasteiger partial charge in [-0.2, -0.15) is 0 Å². The van der Waals surface area contributed by atoms with Crippen LogP contribution in [0.4, 0.5) is 0 Å². The van der Waals surface area contributed by atoms with Crippen molar-refractivity contribution >= 4 is 72.5 Å². The van der Waals surface area contributed by atoms with Crippen LogP contribution in [0.2, 0.25) is 0 Å². The maximum atomic E-state index is 14.6. The summed E-state index contributed by atoms with van der Waals surface area (Å²) in [6.07, 6.45) is 21.4. The van der Waals surface area contributed by atoms with Crippen molar-refractivity contribution < 1.29 is 29.1 Å². The number of benzene rings is 6. The van der Waals surface area contributed by atoms with Crippen LogP contribution < -0.4 is 0 Å². The maximum absolute atomic E-state index is 14.6.